The summed E-state index contributed by atoms with van der Waals surface area (Å²) in [4.78, 5) is 27.4. The Morgan fingerprint density at radius 2 is 2.08 bits per heavy atom. The summed E-state index contributed by atoms with van der Waals surface area (Å²) in [6.45, 7) is 0.556. The molecule has 1 saturated carbocycles. The number of rotatable bonds is 6. The number of hydrogen-bond donors (Lipinski definition) is 2. The highest BCUT2D eigenvalue weighted by Crippen LogP contribution is 2.27. The van der Waals surface area contributed by atoms with Crippen LogP contribution in [0, 0.1) is 17.6 Å². The van der Waals surface area contributed by atoms with Gasteiger partial charge in [0.2, 0.25) is 5.91 Å². The third-order valence-corrected chi connectivity index (χ3v) is 3.43. The Labute approximate surface area is 135 Å². The van der Waals surface area contributed by atoms with E-state index in [1.807, 2.05) is 0 Å². The predicted octanol–water partition coefficient (Wildman–Crippen LogP) is 1.67. The van der Waals surface area contributed by atoms with Crippen molar-refractivity contribution >= 4 is 17.5 Å². The molecule has 1 aliphatic carbocycles. The number of carbonyl (C=O) groups excluding carboxylic acids is 2. The minimum absolute atomic E-state index is 0.00779. The monoisotopic (exact) mass is 336 g/mol. The Morgan fingerprint density at radius 1 is 1.29 bits per heavy atom. The molecule has 1 aliphatic rings. The van der Waals surface area contributed by atoms with Gasteiger partial charge in [-0.2, -0.15) is 4.98 Å². The van der Waals surface area contributed by atoms with Crippen LogP contribution in [0.1, 0.15) is 29.4 Å². The Bertz CT molecular complexity index is 774. The summed E-state index contributed by atoms with van der Waals surface area (Å²) >= 11 is 0. The molecule has 0 unspecified atom stereocenters. The van der Waals surface area contributed by atoms with Crippen molar-refractivity contribution in [1.29, 1.82) is 0 Å². The fraction of sp³-hybridized carbons (Fsp3) is 0.333. The van der Waals surface area contributed by atoms with E-state index in [9.17, 15) is 18.4 Å². The summed E-state index contributed by atoms with van der Waals surface area (Å²) in [5, 5.41) is 8.47. The van der Waals surface area contributed by atoms with Gasteiger partial charge in [0, 0.05) is 12.6 Å². The molecule has 1 aromatic heterocycles. The fourth-order valence-electron chi connectivity index (χ4n) is 1.98. The molecule has 0 atom stereocenters. The maximum absolute atomic E-state index is 13.5. The van der Waals surface area contributed by atoms with Crippen LogP contribution in [-0.2, 0) is 11.2 Å². The van der Waals surface area contributed by atoms with Gasteiger partial charge in [0.1, 0.15) is 11.6 Å². The lowest BCUT2D eigenvalue weighted by Gasteiger charge is -2.04. The summed E-state index contributed by atoms with van der Waals surface area (Å²) in [5.41, 5.74) is -0.160. The highest BCUT2D eigenvalue weighted by molar-refractivity contribution is 5.92. The highest BCUT2D eigenvalue weighted by atomic mass is 19.1. The van der Waals surface area contributed by atoms with Crippen LogP contribution in [0.15, 0.2) is 22.7 Å². The van der Waals surface area contributed by atoms with E-state index in [0.29, 0.717) is 18.5 Å². The number of benzene rings is 1. The van der Waals surface area contributed by atoms with Gasteiger partial charge in [0.15, 0.2) is 5.82 Å². The molecule has 1 heterocycles. The molecule has 0 bridgehead atoms. The first kappa shape index (κ1) is 16.0. The summed E-state index contributed by atoms with van der Waals surface area (Å²) < 4.78 is 31.1. The van der Waals surface area contributed by atoms with E-state index < -0.39 is 23.4 Å². The third kappa shape index (κ3) is 4.12. The highest BCUT2D eigenvalue weighted by Gasteiger charge is 2.24. The lowest BCUT2D eigenvalue weighted by atomic mass is 10.3. The van der Waals surface area contributed by atoms with Gasteiger partial charge in [-0.15, -0.1) is 0 Å². The Morgan fingerprint density at radius 3 is 2.79 bits per heavy atom. The second-order valence-electron chi connectivity index (χ2n) is 5.52. The SMILES string of the molecule is O=C(Cc1noc(C(=O)NCC2CC2)n1)Nc1ccc(F)cc1F. The molecule has 0 radical (unpaired) electrons. The normalized spacial score (nSPS) is 13.6. The molecule has 2 amide bonds. The maximum Gasteiger partial charge on any atom is 0.315 e. The summed E-state index contributed by atoms with van der Waals surface area (Å²) in [6.07, 6.45) is 1.88. The largest absolute Gasteiger partial charge is 0.348 e. The molecule has 1 aromatic carbocycles. The molecule has 7 nitrogen and oxygen atoms in total. The van der Waals surface area contributed by atoms with Crippen LogP contribution in [0.3, 0.4) is 0 Å². The lowest BCUT2D eigenvalue weighted by molar-refractivity contribution is -0.115. The Hall–Kier alpha value is -2.84. The van der Waals surface area contributed by atoms with E-state index in [1.54, 1.807) is 0 Å². The van der Waals surface area contributed by atoms with Gasteiger partial charge in [-0.1, -0.05) is 5.16 Å². The van der Waals surface area contributed by atoms with E-state index in [1.165, 1.54) is 0 Å². The van der Waals surface area contributed by atoms with Gasteiger partial charge in [-0.25, -0.2) is 8.78 Å². The molecule has 24 heavy (non-hydrogen) atoms. The van der Waals surface area contributed by atoms with Crippen molar-refractivity contribution < 1.29 is 22.9 Å². The smallest absolute Gasteiger partial charge is 0.315 e. The zero-order valence-corrected chi connectivity index (χ0v) is 12.5. The van der Waals surface area contributed by atoms with Crippen molar-refractivity contribution in [2.75, 3.05) is 11.9 Å². The van der Waals surface area contributed by atoms with Crippen LogP contribution in [0.25, 0.3) is 0 Å². The van der Waals surface area contributed by atoms with Crippen molar-refractivity contribution in [1.82, 2.24) is 15.5 Å². The van der Waals surface area contributed by atoms with Crippen molar-refractivity contribution in [3.63, 3.8) is 0 Å². The van der Waals surface area contributed by atoms with E-state index in [2.05, 4.69) is 20.8 Å². The van der Waals surface area contributed by atoms with E-state index in [4.69, 9.17) is 4.52 Å². The van der Waals surface area contributed by atoms with Crippen LogP contribution in [0.4, 0.5) is 14.5 Å². The predicted molar refractivity (Wildman–Crippen MR) is 78.0 cm³/mol. The first-order chi connectivity index (χ1) is 11.5. The summed E-state index contributed by atoms with van der Waals surface area (Å²) in [7, 11) is 0. The minimum atomic E-state index is -0.892. The number of hydrogen-bond acceptors (Lipinski definition) is 5. The maximum atomic E-state index is 13.5. The molecule has 0 saturated heterocycles. The van der Waals surface area contributed by atoms with E-state index >= 15 is 0 Å². The molecule has 3 rings (SSSR count). The Kier molecular flexibility index (Phi) is 4.50. The second kappa shape index (κ2) is 6.73. The molecular formula is C15H14F2N4O3. The van der Waals surface area contributed by atoms with Gasteiger partial charge in [0.25, 0.3) is 0 Å². The zero-order chi connectivity index (χ0) is 17.1. The number of nitrogens with zero attached hydrogens (tertiary/aromatic N) is 2. The fourth-order valence-corrected chi connectivity index (χ4v) is 1.98. The molecule has 2 aromatic rings. The molecular weight excluding hydrogens is 322 g/mol. The number of carbonyl (C=O) groups is 2. The number of anilines is 1. The van der Waals surface area contributed by atoms with Gasteiger partial charge in [-0.05, 0) is 30.9 Å². The van der Waals surface area contributed by atoms with Crippen LogP contribution in [0.5, 0.6) is 0 Å². The van der Waals surface area contributed by atoms with Crippen LogP contribution >= 0.6 is 0 Å². The molecule has 9 heteroatoms. The first-order valence-corrected chi connectivity index (χ1v) is 7.37. The topological polar surface area (TPSA) is 97.1 Å². The van der Waals surface area contributed by atoms with E-state index in [-0.39, 0.29) is 23.8 Å². The van der Waals surface area contributed by atoms with Crippen molar-refractivity contribution in [3.05, 3.63) is 41.5 Å². The van der Waals surface area contributed by atoms with Crippen LogP contribution in [-0.4, -0.2) is 28.5 Å². The van der Waals surface area contributed by atoms with E-state index in [0.717, 1.165) is 25.0 Å². The van der Waals surface area contributed by atoms with Crippen molar-refractivity contribution in [2.24, 2.45) is 5.92 Å². The van der Waals surface area contributed by atoms with Crippen LogP contribution < -0.4 is 10.6 Å². The van der Waals surface area contributed by atoms with Gasteiger partial charge in [-0.3, -0.25) is 9.59 Å². The quantitative estimate of drug-likeness (QED) is 0.836. The van der Waals surface area contributed by atoms with Gasteiger partial charge in [0.05, 0.1) is 12.1 Å². The average molecular weight is 336 g/mol. The number of nitrogens with one attached hydrogen (secondary N) is 2. The standard InChI is InChI=1S/C15H14F2N4O3/c16-9-3-4-11(10(17)5-9)19-13(22)6-12-20-15(24-21-12)14(23)18-7-8-1-2-8/h3-5,8H,1-2,6-7H2,(H,18,23)(H,19,22). The average Bonchev–Trinajstić information content (AvgIpc) is 3.25. The summed E-state index contributed by atoms with van der Waals surface area (Å²) in [6, 6.07) is 2.79. The van der Waals surface area contributed by atoms with Gasteiger partial charge < -0.3 is 15.2 Å². The molecule has 1 fully saturated rings. The minimum Gasteiger partial charge on any atom is -0.348 e. The lowest BCUT2D eigenvalue weighted by Crippen LogP contribution is -2.25. The molecule has 126 valence electrons. The third-order valence-electron chi connectivity index (χ3n) is 3.43. The molecule has 0 spiro atoms. The van der Waals surface area contributed by atoms with Crippen LogP contribution in [0.2, 0.25) is 0 Å². The first-order valence-electron chi connectivity index (χ1n) is 7.37. The summed E-state index contributed by atoms with van der Waals surface area (Å²) in [5.74, 6) is -2.48. The van der Waals surface area contributed by atoms with Crippen molar-refractivity contribution in [2.45, 2.75) is 19.3 Å². The molecule has 0 aliphatic heterocycles. The number of halogens is 2. The zero-order valence-electron chi connectivity index (χ0n) is 12.5. The Balaban J connectivity index is 1.55. The van der Waals surface area contributed by atoms with Gasteiger partial charge >= 0.3 is 11.8 Å². The second-order valence-corrected chi connectivity index (χ2v) is 5.52. The molecule has 2 N–H and O–H groups in total. The van der Waals surface area contributed by atoms with Crippen molar-refractivity contribution in [3.8, 4) is 0 Å². The number of aromatic nitrogens is 2. The number of amides is 2.